The molecule has 106 valence electrons. The third-order valence-corrected chi connectivity index (χ3v) is 3.03. The molecule has 1 aromatic rings. The lowest BCUT2D eigenvalue weighted by molar-refractivity contribution is -0.145. The van der Waals surface area contributed by atoms with Gasteiger partial charge in [-0.1, -0.05) is 6.92 Å². The molecule has 5 heteroatoms. The number of hydrogen-bond acceptors (Lipinski definition) is 2. The fourth-order valence-electron chi connectivity index (χ4n) is 1.36. The largest absolute Gasteiger partial charge is 0.426 e. The summed E-state index contributed by atoms with van der Waals surface area (Å²) in [6, 6.07) is 3.28. The first-order valence-corrected chi connectivity index (χ1v) is 5.97. The van der Waals surface area contributed by atoms with Crippen LogP contribution in [0.25, 0.3) is 0 Å². The summed E-state index contributed by atoms with van der Waals surface area (Å²) in [7, 11) is 0. The summed E-state index contributed by atoms with van der Waals surface area (Å²) in [6.07, 6.45) is -3.91. The van der Waals surface area contributed by atoms with Gasteiger partial charge in [0.1, 0.15) is 5.75 Å². The van der Waals surface area contributed by atoms with Gasteiger partial charge in [0, 0.05) is 0 Å². The molecule has 0 aromatic heterocycles. The quantitative estimate of drug-likeness (QED) is 0.605. The average Bonchev–Trinajstić information content (AvgIpc) is 2.27. The van der Waals surface area contributed by atoms with Gasteiger partial charge in [-0.15, -0.1) is 0 Å². The van der Waals surface area contributed by atoms with Crippen molar-refractivity contribution >= 4 is 5.97 Å². The third-order valence-electron chi connectivity index (χ3n) is 3.03. The molecule has 0 unspecified atom stereocenters. The van der Waals surface area contributed by atoms with Crippen LogP contribution in [0, 0.1) is 12.3 Å². The first-order chi connectivity index (χ1) is 8.56. The van der Waals surface area contributed by atoms with E-state index >= 15 is 0 Å². The molecule has 0 aliphatic heterocycles. The van der Waals surface area contributed by atoms with Gasteiger partial charge in [-0.05, 0) is 51.0 Å². The zero-order valence-electron chi connectivity index (χ0n) is 11.4. The van der Waals surface area contributed by atoms with Crippen LogP contribution in [0.1, 0.15) is 38.3 Å². The fourth-order valence-corrected chi connectivity index (χ4v) is 1.36. The first kappa shape index (κ1) is 15.5. The molecule has 0 radical (unpaired) electrons. The maximum atomic E-state index is 12.6. The highest BCUT2D eigenvalue weighted by Gasteiger charge is 2.32. The number of benzene rings is 1. The van der Waals surface area contributed by atoms with Crippen molar-refractivity contribution in [3.05, 3.63) is 29.3 Å². The van der Waals surface area contributed by atoms with Gasteiger partial charge in [-0.2, -0.15) is 13.2 Å². The van der Waals surface area contributed by atoms with Gasteiger partial charge >= 0.3 is 12.1 Å². The van der Waals surface area contributed by atoms with Crippen molar-refractivity contribution in [2.24, 2.45) is 5.41 Å². The Labute approximate surface area is 110 Å². The zero-order valence-corrected chi connectivity index (χ0v) is 11.4. The number of carbonyl (C=O) groups excluding carboxylic acids is 1. The number of carbonyl (C=O) groups is 1. The van der Waals surface area contributed by atoms with E-state index < -0.39 is 23.1 Å². The van der Waals surface area contributed by atoms with Crippen molar-refractivity contribution in [2.45, 2.75) is 40.3 Å². The van der Waals surface area contributed by atoms with Crippen LogP contribution in [0.15, 0.2) is 18.2 Å². The summed E-state index contributed by atoms with van der Waals surface area (Å²) in [5.41, 5.74) is -1.14. The average molecular weight is 274 g/mol. The van der Waals surface area contributed by atoms with Crippen molar-refractivity contribution < 1.29 is 22.7 Å². The lowest BCUT2D eigenvalue weighted by Gasteiger charge is -2.20. The second kappa shape index (κ2) is 5.23. The second-order valence-corrected chi connectivity index (χ2v) is 5.16. The van der Waals surface area contributed by atoms with E-state index in [1.54, 1.807) is 13.8 Å². The number of esters is 1. The molecule has 2 nitrogen and oxygen atoms in total. The molecule has 0 spiro atoms. The van der Waals surface area contributed by atoms with E-state index in [1.165, 1.54) is 13.0 Å². The molecule has 0 aliphatic rings. The monoisotopic (exact) mass is 274 g/mol. The van der Waals surface area contributed by atoms with E-state index in [-0.39, 0.29) is 5.75 Å². The summed E-state index contributed by atoms with van der Waals surface area (Å²) < 4.78 is 43.0. The summed E-state index contributed by atoms with van der Waals surface area (Å²) >= 11 is 0. The number of ether oxygens (including phenoxy) is 1. The van der Waals surface area contributed by atoms with E-state index in [2.05, 4.69) is 0 Å². The van der Waals surface area contributed by atoms with E-state index in [1.807, 2.05) is 6.92 Å². The molecule has 19 heavy (non-hydrogen) atoms. The summed E-state index contributed by atoms with van der Waals surface area (Å²) in [5.74, 6) is -0.604. The lowest BCUT2D eigenvalue weighted by Crippen LogP contribution is -2.28. The molecule has 0 atom stereocenters. The van der Waals surface area contributed by atoms with Crippen LogP contribution in [-0.2, 0) is 11.0 Å². The first-order valence-electron chi connectivity index (χ1n) is 5.97. The Kier molecular flexibility index (Phi) is 4.28. The van der Waals surface area contributed by atoms with Crippen LogP contribution in [-0.4, -0.2) is 5.97 Å². The van der Waals surface area contributed by atoms with Crippen LogP contribution >= 0.6 is 0 Å². The van der Waals surface area contributed by atoms with Crippen LogP contribution in [0.5, 0.6) is 5.75 Å². The molecule has 0 bridgehead atoms. The van der Waals surface area contributed by atoms with Crippen molar-refractivity contribution in [2.75, 3.05) is 0 Å². The van der Waals surface area contributed by atoms with Gasteiger partial charge in [-0.25, -0.2) is 0 Å². The molecule has 0 fully saturated rings. The minimum atomic E-state index is -4.45. The highest BCUT2D eigenvalue weighted by atomic mass is 19.4. The van der Waals surface area contributed by atoms with E-state index in [9.17, 15) is 18.0 Å². The minimum Gasteiger partial charge on any atom is -0.426 e. The standard InChI is InChI=1S/C14H17F3O2/c1-5-13(3,4)12(18)19-11-7-9(2)6-10(8-11)14(15,16)17/h6-8H,5H2,1-4H3. The smallest absolute Gasteiger partial charge is 0.416 e. The Hall–Kier alpha value is -1.52. The molecule has 0 aliphatic carbocycles. The predicted molar refractivity (Wildman–Crippen MR) is 65.9 cm³/mol. The topological polar surface area (TPSA) is 26.3 Å². The van der Waals surface area contributed by atoms with Gasteiger partial charge in [0.05, 0.1) is 11.0 Å². The van der Waals surface area contributed by atoms with Crippen LogP contribution in [0.2, 0.25) is 0 Å². The van der Waals surface area contributed by atoms with Crippen molar-refractivity contribution in [3.8, 4) is 5.75 Å². The number of aryl methyl sites for hydroxylation is 1. The zero-order chi connectivity index (χ0) is 14.8. The molecular formula is C14H17F3O2. The molecule has 0 saturated heterocycles. The van der Waals surface area contributed by atoms with Gasteiger partial charge in [0.15, 0.2) is 0 Å². The van der Waals surface area contributed by atoms with Crippen molar-refractivity contribution in [1.82, 2.24) is 0 Å². The number of hydrogen-bond donors (Lipinski definition) is 0. The van der Waals surface area contributed by atoms with E-state index in [0.717, 1.165) is 12.1 Å². The Morgan fingerprint density at radius 2 is 1.79 bits per heavy atom. The number of rotatable bonds is 3. The molecule has 0 saturated carbocycles. The Morgan fingerprint density at radius 1 is 1.21 bits per heavy atom. The molecule has 0 N–H and O–H groups in total. The van der Waals surface area contributed by atoms with Crippen molar-refractivity contribution in [1.29, 1.82) is 0 Å². The normalized spacial score (nSPS) is 12.4. The highest BCUT2D eigenvalue weighted by molar-refractivity contribution is 5.78. The van der Waals surface area contributed by atoms with Crippen LogP contribution in [0.4, 0.5) is 13.2 Å². The molecule has 1 rings (SSSR count). The molecular weight excluding hydrogens is 257 g/mol. The van der Waals surface area contributed by atoms with Gasteiger partial charge in [0.25, 0.3) is 0 Å². The van der Waals surface area contributed by atoms with Crippen LogP contribution < -0.4 is 4.74 Å². The Balaban J connectivity index is 3.03. The molecule has 1 aromatic carbocycles. The summed E-state index contributed by atoms with van der Waals surface area (Å²) in [5, 5.41) is 0. The lowest BCUT2D eigenvalue weighted by atomic mass is 9.91. The molecule has 0 heterocycles. The third kappa shape index (κ3) is 3.98. The molecule has 0 amide bonds. The summed E-state index contributed by atoms with van der Waals surface area (Å²) in [6.45, 7) is 6.72. The predicted octanol–water partition coefficient (Wildman–Crippen LogP) is 4.36. The van der Waals surface area contributed by atoms with E-state index in [4.69, 9.17) is 4.74 Å². The number of alkyl halides is 3. The summed E-state index contributed by atoms with van der Waals surface area (Å²) in [4.78, 5) is 11.8. The van der Waals surface area contributed by atoms with E-state index in [0.29, 0.717) is 12.0 Å². The minimum absolute atomic E-state index is 0.0705. The maximum Gasteiger partial charge on any atom is 0.416 e. The second-order valence-electron chi connectivity index (χ2n) is 5.16. The van der Waals surface area contributed by atoms with Crippen molar-refractivity contribution in [3.63, 3.8) is 0 Å². The number of halogens is 3. The SMILES string of the molecule is CCC(C)(C)C(=O)Oc1cc(C)cc(C(F)(F)F)c1. The van der Waals surface area contributed by atoms with Gasteiger partial charge in [-0.3, -0.25) is 4.79 Å². The fraction of sp³-hybridized carbons (Fsp3) is 0.500. The maximum absolute atomic E-state index is 12.6. The van der Waals surface area contributed by atoms with Crippen LogP contribution in [0.3, 0.4) is 0 Å². The van der Waals surface area contributed by atoms with Gasteiger partial charge in [0.2, 0.25) is 0 Å². The van der Waals surface area contributed by atoms with Gasteiger partial charge < -0.3 is 4.74 Å². The Bertz CT molecular complexity index is 476. The Morgan fingerprint density at radius 3 is 2.26 bits per heavy atom. The highest BCUT2D eigenvalue weighted by Crippen LogP contribution is 2.33.